The van der Waals surface area contributed by atoms with Gasteiger partial charge in [0.15, 0.2) is 17.4 Å². The third kappa shape index (κ3) is 4.01. The second-order valence-electron chi connectivity index (χ2n) is 7.48. The van der Waals surface area contributed by atoms with Gasteiger partial charge in [0.1, 0.15) is 0 Å². The van der Waals surface area contributed by atoms with Crippen LogP contribution in [0.25, 0.3) is 0 Å². The SMILES string of the molecule is O=C(NCCC1CCc2ccccc21)c1ccccc1C(=O)c1ccc(F)c(F)c1. The number of fused-ring (bicyclic) bond motifs is 1. The zero-order chi connectivity index (χ0) is 21.1. The van der Waals surface area contributed by atoms with Gasteiger partial charge in [0, 0.05) is 17.7 Å². The first-order valence-corrected chi connectivity index (χ1v) is 9.99. The first-order valence-electron chi connectivity index (χ1n) is 9.99. The summed E-state index contributed by atoms with van der Waals surface area (Å²) >= 11 is 0. The summed E-state index contributed by atoms with van der Waals surface area (Å²) in [6.07, 6.45) is 2.95. The molecule has 1 amide bonds. The summed E-state index contributed by atoms with van der Waals surface area (Å²) in [4.78, 5) is 25.5. The maximum absolute atomic E-state index is 13.5. The van der Waals surface area contributed by atoms with Gasteiger partial charge in [-0.3, -0.25) is 9.59 Å². The summed E-state index contributed by atoms with van der Waals surface area (Å²) in [7, 11) is 0. The van der Waals surface area contributed by atoms with Crippen LogP contribution in [0.2, 0.25) is 0 Å². The molecule has 0 aliphatic heterocycles. The molecule has 1 aliphatic rings. The molecule has 0 spiro atoms. The summed E-state index contributed by atoms with van der Waals surface area (Å²) in [6, 6.07) is 17.7. The zero-order valence-electron chi connectivity index (χ0n) is 16.3. The Morgan fingerprint density at radius 1 is 0.900 bits per heavy atom. The van der Waals surface area contributed by atoms with E-state index < -0.39 is 17.4 Å². The highest BCUT2D eigenvalue weighted by atomic mass is 19.2. The number of hydrogen-bond acceptors (Lipinski definition) is 2. The van der Waals surface area contributed by atoms with Crippen LogP contribution in [0.5, 0.6) is 0 Å². The number of amides is 1. The van der Waals surface area contributed by atoms with Gasteiger partial charge in [-0.1, -0.05) is 42.5 Å². The van der Waals surface area contributed by atoms with Crippen molar-refractivity contribution < 1.29 is 18.4 Å². The minimum absolute atomic E-state index is 0.00304. The fourth-order valence-electron chi connectivity index (χ4n) is 4.07. The van der Waals surface area contributed by atoms with E-state index in [-0.39, 0.29) is 22.6 Å². The van der Waals surface area contributed by atoms with E-state index in [0.29, 0.717) is 12.5 Å². The van der Waals surface area contributed by atoms with Crippen LogP contribution >= 0.6 is 0 Å². The van der Waals surface area contributed by atoms with Crippen molar-refractivity contribution in [3.63, 3.8) is 0 Å². The van der Waals surface area contributed by atoms with E-state index in [2.05, 4.69) is 17.4 Å². The Morgan fingerprint density at radius 3 is 2.43 bits per heavy atom. The molecule has 0 aromatic heterocycles. The molecule has 152 valence electrons. The normalized spacial score (nSPS) is 14.9. The third-order valence-corrected chi connectivity index (χ3v) is 5.63. The Bertz CT molecular complexity index is 1110. The number of ketones is 1. The summed E-state index contributed by atoms with van der Waals surface area (Å²) < 4.78 is 26.7. The predicted molar refractivity (Wildman–Crippen MR) is 111 cm³/mol. The molecule has 5 heteroatoms. The smallest absolute Gasteiger partial charge is 0.252 e. The number of aryl methyl sites for hydroxylation is 1. The van der Waals surface area contributed by atoms with E-state index in [0.717, 1.165) is 31.4 Å². The monoisotopic (exact) mass is 405 g/mol. The van der Waals surface area contributed by atoms with Gasteiger partial charge in [-0.15, -0.1) is 0 Å². The lowest BCUT2D eigenvalue weighted by molar-refractivity contribution is 0.0941. The Balaban J connectivity index is 1.45. The van der Waals surface area contributed by atoms with E-state index in [9.17, 15) is 18.4 Å². The number of hydrogen-bond donors (Lipinski definition) is 1. The molecule has 30 heavy (non-hydrogen) atoms. The predicted octanol–water partition coefficient (Wildman–Crippen LogP) is 5.05. The summed E-state index contributed by atoms with van der Waals surface area (Å²) in [6.45, 7) is 0.492. The number of halogens is 2. The van der Waals surface area contributed by atoms with Crippen LogP contribution in [-0.4, -0.2) is 18.2 Å². The van der Waals surface area contributed by atoms with Gasteiger partial charge in [0.2, 0.25) is 0 Å². The molecule has 1 atom stereocenters. The fourth-order valence-corrected chi connectivity index (χ4v) is 4.07. The van der Waals surface area contributed by atoms with Gasteiger partial charge in [0.05, 0.1) is 5.56 Å². The Kier molecular flexibility index (Phi) is 5.70. The average molecular weight is 405 g/mol. The van der Waals surface area contributed by atoms with Crippen LogP contribution in [0.4, 0.5) is 8.78 Å². The molecule has 1 N–H and O–H groups in total. The third-order valence-electron chi connectivity index (χ3n) is 5.63. The highest BCUT2D eigenvalue weighted by Gasteiger charge is 2.23. The highest BCUT2D eigenvalue weighted by Crippen LogP contribution is 2.34. The molecule has 3 nitrogen and oxygen atoms in total. The molecule has 0 saturated carbocycles. The van der Waals surface area contributed by atoms with E-state index in [4.69, 9.17) is 0 Å². The minimum Gasteiger partial charge on any atom is -0.352 e. The van der Waals surface area contributed by atoms with Crippen molar-refractivity contribution in [2.45, 2.75) is 25.2 Å². The zero-order valence-corrected chi connectivity index (χ0v) is 16.3. The molecule has 4 rings (SSSR count). The quantitative estimate of drug-likeness (QED) is 0.584. The standard InChI is InChI=1S/C25H21F2NO2/c26-22-12-11-18(15-23(22)27)24(29)20-7-3-4-8-21(20)25(30)28-14-13-17-10-9-16-5-1-2-6-19(16)17/h1-8,11-12,15,17H,9-10,13-14H2,(H,28,30). The number of carbonyl (C=O) groups is 2. The van der Waals surface area contributed by atoms with Crippen molar-refractivity contribution >= 4 is 11.7 Å². The van der Waals surface area contributed by atoms with Crippen LogP contribution in [0.15, 0.2) is 66.7 Å². The summed E-state index contributed by atoms with van der Waals surface area (Å²) in [5.41, 5.74) is 3.10. The second kappa shape index (κ2) is 8.57. The largest absolute Gasteiger partial charge is 0.352 e. The van der Waals surface area contributed by atoms with Gasteiger partial charge in [-0.25, -0.2) is 8.78 Å². The van der Waals surface area contributed by atoms with Crippen molar-refractivity contribution in [3.8, 4) is 0 Å². The molecule has 3 aromatic rings. The van der Waals surface area contributed by atoms with Gasteiger partial charge < -0.3 is 5.32 Å². The molecule has 0 fully saturated rings. The maximum Gasteiger partial charge on any atom is 0.252 e. The average Bonchev–Trinajstić information content (AvgIpc) is 3.18. The molecule has 0 bridgehead atoms. The van der Waals surface area contributed by atoms with Crippen LogP contribution in [-0.2, 0) is 6.42 Å². The molecule has 1 unspecified atom stereocenters. The van der Waals surface area contributed by atoms with Crippen LogP contribution in [0.3, 0.4) is 0 Å². The fraction of sp³-hybridized carbons (Fsp3) is 0.200. The van der Waals surface area contributed by atoms with Crippen molar-refractivity contribution in [3.05, 3.63) is 106 Å². The number of rotatable bonds is 6. The number of benzene rings is 3. The molecule has 1 aliphatic carbocycles. The lowest BCUT2D eigenvalue weighted by Crippen LogP contribution is -2.27. The molecule has 3 aromatic carbocycles. The number of carbonyl (C=O) groups excluding carboxylic acids is 2. The molecule has 0 heterocycles. The highest BCUT2D eigenvalue weighted by molar-refractivity contribution is 6.15. The Labute approximate surface area is 173 Å². The van der Waals surface area contributed by atoms with E-state index in [1.165, 1.54) is 23.3 Å². The van der Waals surface area contributed by atoms with Gasteiger partial charge in [-0.05, 0) is 60.6 Å². The molecular weight excluding hydrogens is 384 g/mol. The number of nitrogens with one attached hydrogen (secondary N) is 1. The van der Waals surface area contributed by atoms with Gasteiger partial charge >= 0.3 is 0 Å². The minimum atomic E-state index is -1.10. The van der Waals surface area contributed by atoms with Crippen LogP contribution < -0.4 is 5.32 Å². The van der Waals surface area contributed by atoms with Gasteiger partial charge in [0.25, 0.3) is 5.91 Å². The van der Waals surface area contributed by atoms with Crippen molar-refractivity contribution in [1.82, 2.24) is 5.32 Å². The topological polar surface area (TPSA) is 46.2 Å². The van der Waals surface area contributed by atoms with Crippen molar-refractivity contribution in [2.24, 2.45) is 0 Å². The van der Waals surface area contributed by atoms with E-state index >= 15 is 0 Å². The Morgan fingerprint density at radius 2 is 1.63 bits per heavy atom. The lowest BCUT2D eigenvalue weighted by Gasteiger charge is -2.13. The molecule has 0 radical (unpaired) electrons. The molecular formula is C25H21F2NO2. The first kappa shape index (κ1) is 20.0. The summed E-state index contributed by atoms with van der Waals surface area (Å²) in [5, 5.41) is 2.90. The maximum atomic E-state index is 13.5. The van der Waals surface area contributed by atoms with Crippen molar-refractivity contribution in [1.29, 1.82) is 0 Å². The first-order chi connectivity index (χ1) is 14.5. The van der Waals surface area contributed by atoms with Crippen LogP contribution in [0, 0.1) is 11.6 Å². The summed E-state index contributed by atoms with van der Waals surface area (Å²) in [5.74, 6) is -2.58. The lowest BCUT2D eigenvalue weighted by atomic mass is 9.96. The Hall–Kier alpha value is -3.34. The van der Waals surface area contributed by atoms with Gasteiger partial charge in [-0.2, -0.15) is 0 Å². The van der Waals surface area contributed by atoms with Crippen molar-refractivity contribution in [2.75, 3.05) is 6.54 Å². The molecule has 0 saturated heterocycles. The second-order valence-corrected chi connectivity index (χ2v) is 7.48. The van der Waals surface area contributed by atoms with Crippen LogP contribution in [0.1, 0.15) is 56.2 Å². The van der Waals surface area contributed by atoms with E-state index in [1.54, 1.807) is 18.2 Å². The van der Waals surface area contributed by atoms with E-state index in [1.807, 2.05) is 12.1 Å².